The average Bonchev–Trinajstić information content (AvgIpc) is 2.45. The Kier molecular flexibility index (Phi) is 9.04. The van der Waals surface area contributed by atoms with E-state index in [0.717, 1.165) is 12.2 Å². The highest BCUT2D eigenvalue weighted by molar-refractivity contribution is 7.99. The van der Waals surface area contributed by atoms with Gasteiger partial charge in [-0.2, -0.15) is 0 Å². The van der Waals surface area contributed by atoms with Gasteiger partial charge in [-0.1, -0.05) is 74.0 Å². The van der Waals surface area contributed by atoms with E-state index in [1.54, 1.807) is 0 Å². The van der Waals surface area contributed by atoms with E-state index in [-0.39, 0.29) is 15.9 Å². The molecule has 0 fully saturated rings. The molecule has 0 aliphatic rings. The van der Waals surface area contributed by atoms with Gasteiger partial charge in [0.15, 0.2) is 5.16 Å². The number of carbonyl (C=O) groups is 1. The molecule has 0 amide bonds. The minimum absolute atomic E-state index is 0.0183. The van der Waals surface area contributed by atoms with E-state index in [0.29, 0.717) is 5.16 Å². The van der Waals surface area contributed by atoms with Crippen LogP contribution in [0, 0.1) is 0 Å². The summed E-state index contributed by atoms with van der Waals surface area (Å²) >= 11 is 13.4. The highest BCUT2D eigenvalue weighted by Gasteiger charge is 2.19. The second-order valence-electron chi connectivity index (χ2n) is 4.57. The molecule has 0 saturated heterocycles. The van der Waals surface area contributed by atoms with Crippen molar-refractivity contribution in [2.45, 2.75) is 50.6 Å². The summed E-state index contributed by atoms with van der Waals surface area (Å²) in [6.07, 6.45) is 7.42. The van der Waals surface area contributed by atoms with E-state index in [9.17, 15) is 4.79 Å². The van der Waals surface area contributed by atoms with Gasteiger partial charge in [0.1, 0.15) is 15.9 Å². The fourth-order valence-corrected chi connectivity index (χ4v) is 3.26. The number of ether oxygens (including phenoxy) is 1. The summed E-state index contributed by atoms with van der Waals surface area (Å²) in [5.41, 5.74) is 0.0183. The Labute approximate surface area is 140 Å². The molecule has 0 radical (unpaired) electrons. The van der Waals surface area contributed by atoms with E-state index < -0.39 is 5.97 Å². The molecule has 1 heterocycles. The van der Waals surface area contributed by atoms with Crippen LogP contribution < -0.4 is 0 Å². The first-order valence-electron chi connectivity index (χ1n) is 7.04. The van der Waals surface area contributed by atoms with E-state index in [2.05, 4.69) is 21.6 Å². The Morgan fingerprint density at radius 2 is 1.67 bits per heavy atom. The summed E-state index contributed by atoms with van der Waals surface area (Å²) in [6, 6.07) is 0. The van der Waals surface area contributed by atoms with Gasteiger partial charge in [0, 0.05) is 5.75 Å². The zero-order chi connectivity index (χ0) is 15.7. The number of halogens is 2. The fraction of sp³-hybridized carbons (Fsp3) is 0.643. The van der Waals surface area contributed by atoms with Crippen LogP contribution in [0.25, 0.3) is 0 Å². The zero-order valence-corrected chi connectivity index (χ0v) is 14.7. The highest BCUT2D eigenvalue weighted by Crippen LogP contribution is 2.26. The van der Waals surface area contributed by atoms with Gasteiger partial charge in [0.2, 0.25) is 0 Å². The Hall–Kier alpha value is -0.520. The molecule has 0 atom stereocenters. The van der Waals surface area contributed by atoms with Crippen molar-refractivity contribution in [1.82, 2.24) is 9.97 Å². The third kappa shape index (κ3) is 6.41. The number of thioether (sulfide) groups is 1. The van der Waals surface area contributed by atoms with E-state index in [1.165, 1.54) is 51.0 Å². The lowest BCUT2D eigenvalue weighted by Gasteiger charge is -2.06. The monoisotopic (exact) mass is 350 g/mol. The number of aromatic nitrogens is 2. The predicted octanol–water partition coefficient (Wildman–Crippen LogP) is 5.02. The standard InChI is InChI=1S/C14H20Cl2N2O2S/c1-3-4-5-6-7-8-9-21-14-17-11(15)10(12(16)18-14)13(19)20-2/h3-9H2,1-2H3. The number of rotatable bonds is 9. The van der Waals surface area contributed by atoms with Crippen molar-refractivity contribution >= 4 is 40.9 Å². The van der Waals surface area contributed by atoms with Crippen molar-refractivity contribution in [3.05, 3.63) is 15.9 Å². The molecule has 1 aromatic rings. The minimum Gasteiger partial charge on any atom is -0.465 e. The summed E-state index contributed by atoms with van der Waals surface area (Å²) in [6.45, 7) is 2.21. The van der Waals surface area contributed by atoms with Crippen molar-refractivity contribution < 1.29 is 9.53 Å². The summed E-state index contributed by atoms with van der Waals surface area (Å²) in [4.78, 5) is 19.6. The zero-order valence-electron chi connectivity index (χ0n) is 12.3. The molecule has 0 spiro atoms. The second-order valence-corrected chi connectivity index (χ2v) is 6.35. The van der Waals surface area contributed by atoms with Gasteiger partial charge in [0.25, 0.3) is 0 Å². The van der Waals surface area contributed by atoms with Gasteiger partial charge in [-0.3, -0.25) is 0 Å². The molecule has 0 N–H and O–H groups in total. The van der Waals surface area contributed by atoms with Crippen LogP contribution >= 0.6 is 35.0 Å². The number of hydrogen-bond acceptors (Lipinski definition) is 5. The van der Waals surface area contributed by atoms with Crippen LogP contribution in [0.5, 0.6) is 0 Å². The predicted molar refractivity (Wildman–Crippen MR) is 87.5 cm³/mol. The first-order valence-corrected chi connectivity index (χ1v) is 8.78. The number of methoxy groups -OCH3 is 1. The Balaban J connectivity index is 2.45. The molecule has 0 unspecified atom stereocenters. The van der Waals surface area contributed by atoms with Crippen molar-refractivity contribution in [3.63, 3.8) is 0 Å². The molecule has 21 heavy (non-hydrogen) atoms. The number of nitrogens with zero attached hydrogens (tertiary/aromatic N) is 2. The van der Waals surface area contributed by atoms with Crippen LogP contribution in [-0.4, -0.2) is 28.8 Å². The smallest absolute Gasteiger partial charge is 0.344 e. The van der Waals surface area contributed by atoms with Crippen LogP contribution in [0.2, 0.25) is 10.3 Å². The molecule has 1 rings (SSSR count). The lowest BCUT2D eigenvalue weighted by Crippen LogP contribution is -2.06. The fourth-order valence-electron chi connectivity index (χ4n) is 1.77. The molecule has 4 nitrogen and oxygen atoms in total. The lowest BCUT2D eigenvalue weighted by atomic mass is 10.1. The molecule has 0 aromatic carbocycles. The van der Waals surface area contributed by atoms with Crippen molar-refractivity contribution in [2.24, 2.45) is 0 Å². The summed E-state index contributed by atoms with van der Waals surface area (Å²) < 4.78 is 4.59. The van der Waals surface area contributed by atoms with Gasteiger partial charge in [-0.05, 0) is 6.42 Å². The molecule has 1 aromatic heterocycles. The number of carbonyl (C=O) groups excluding carboxylic acids is 1. The van der Waals surface area contributed by atoms with Crippen molar-refractivity contribution in [2.75, 3.05) is 12.9 Å². The largest absolute Gasteiger partial charge is 0.465 e. The maximum absolute atomic E-state index is 11.5. The Morgan fingerprint density at radius 1 is 1.10 bits per heavy atom. The van der Waals surface area contributed by atoms with Gasteiger partial charge >= 0.3 is 5.97 Å². The molecule has 118 valence electrons. The molecule has 0 saturated carbocycles. The third-order valence-corrected chi connectivity index (χ3v) is 4.40. The molecular weight excluding hydrogens is 331 g/mol. The van der Waals surface area contributed by atoms with E-state index in [1.807, 2.05) is 0 Å². The topological polar surface area (TPSA) is 52.1 Å². The first-order chi connectivity index (χ1) is 10.1. The maximum atomic E-state index is 11.5. The second kappa shape index (κ2) is 10.2. The van der Waals surface area contributed by atoms with Crippen molar-refractivity contribution in [3.8, 4) is 0 Å². The lowest BCUT2D eigenvalue weighted by molar-refractivity contribution is 0.0600. The number of hydrogen-bond donors (Lipinski definition) is 0. The van der Waals surface area contributed by atoms with Gasteiger partial charge < -0.3 is 4.74 Å². The molecule has 7 heteroatoms. The van der Waals surface area contributed by atoms with Crippen LogP contribution in [0.15, 0.2) is 5.16 Å². The Morgan fingerprint density at radius 3 is 2.24 bits per heavy atom. The van der Waals surface area contributed by atoms with Crippen LogP contribution in [0.1, 0.15) is 55.8 Å². The van der Waals surface area contributed by atoms with Crippen LogP contribution in [0.4, 0.5) is 0 Å². The van der Waals surface area contributed by atoms with Gasteiger partial charge in [-0.15, -0.1) is 0 Å². The summed E-state index contributed by atoms with van der Waals surface area (Å²) in [7, 11) is 1.26. The normalized spacial score (nSPS) is 10.7. The summed E-state index contributed by atoms with van der Waals surface area (Å²) in [5, 5.41) is 0.561. The quantitative estimate of drug-likeness (QED) is 0.205. The highest BCUT2D eigenvalue weighted by atomic mass is 35.5. The van der Waals surface area contributed by atoms with Gasteiger partial charge in [-0.25, -0.2) is 14.8 Å². The van der Waals surface area contributed by atoms with Crippen LogP contribution in [0.3, 0.4) is 0 Å². The summed E-state index contributed by atoms with van der Waals surface area (Å²) in [5.74, 6) is 0.286. The number of unbranched alkanes of at least 4 members (excludes halogenated alkanes) is 5. The molecule has 0 bridgehead atoms. The van der Waals surface area contributed by atoms with E-state index in [4.69, 9.17) is 23.2 Å². The number of esters is 1. The van der Waals surface area contributed by atoms with E-state index >= 15 is 0 Å². The first kappa shape index (κ1) is 18.5. The molecule has 0 aliphatic heterocycles. The van der Waals surface area contributed by atoms with Crippen LogP contribution in [-0.2, 0) is 4.74 Å². The average molecular weight is 351 g/mol. The SMILES string of the molecule is CCCCCCCCSc1nc(Cl)c(C(=O)OC)c(Cl)n1. The molecular formula is C14H20Cl2N2O2S. The Bertz CT molecular complexity index is 449. The van der Waals surface area contributed by atoms with Crippen molar-refractivity contribution in [1.29, 1.82) is 0 Å². The maximum Gasteiger partial charge on any atom is 0.344 e. The third-order valence-electron chi connectivity index (χ3n) is 2.92. The molecule has 0 aliphatic carbocycles. The minimum atomic E-state index is -0.627. The van der Waals surface area contributed by atoms with Gasteiger partial charge in [0.05, 0.1) is 7.11 Å².